The average Bonchev–Trinajstić information content (AvgIpc) is 2.39. The van der Waals surface area contributed by atoms with Gasteiger partial charge < -0.3 is 9.64 Å². The third-order valence-electron chi connectivity index (χ3n) is 3.91. The maximum atomic E-state index is 12.0. The predicted molar refractivity (Wildman–Crippen MR) is 71.5 cm³/mol. The SMILES string of the molecule is COC(=O)[C@H]1CN(C)CC[C@@H]1c1ccccc1C. The normalized spacial score (nSPS) is 24.8. The first-order valence-electron chi connectivity index (χ1n) is 6.45. The first kappa shape index (κ1) is 13.1. The van der Waals surface area contributed by atoms with Crippen molar-refractivity contribution < 1.29 is 9.53 Å². The number of hydrogen-bond donors (Lipinski definition) is 0. The summed E-state index contributed by atoms with van der Waals surface area (Å²) in [5, 5.41) is 0. The van der Waals surface area contributed by atoms with Crippen LogP contribution in [0, 0.1) is 12.8 Å². The van der Waals surface area contributed by atoms with Crippen LogP contribution in [-0.2, 0) is 9.53 Å². The van der Waals surface area contributed by atoms with Crippen molar-refractivity contribution >= 4 is 5.97 Å². The van der Waals surface area contributed by atoms with Crippen molar-refractivity contribution in [1.82, 2.24) is 4.90 Å². The van der Waals surface area contributed by atoms with Crippen LogP contribution in [0.2, 0.25) is 0 Å². The molecule has 0 bridgehead atoms. The molecule has 0 aromatic heterocycles. The molecular formula is C15H21NO2. The molecule has 1 saturated heterocycles. The quantitative estimate of drug-likeness (QED) is 0.750. The molecule has 0 N–H and O–H groups in total. The second-order valence-electron chi connectivity index (χ2n) is 5.14. The van der Waals surface area contributed by atoms with Gasteiger partial charge in [-0.05, 0) is 44.0 Å². The third-order valence-corrected chi connectivity index (χ3v) is 3.91. The van der Waals surface area contributed by atoms with Gasteiger partial charge in [0, 0.05) is 6.54 Å². The van der Waals surface area contributed by atoms with Crippen molar-refractivity contribution in [3.63, 3.8) is 0 Å². The van der Waals surface area contributed by atoms with Crippen LogP contribution in [-0.4, -0.2) is 38.1 Å². The summed E-state index contributed by atoms with van der Waals surface area (Å²) >= 11 is 0. The van der Waals surface area contributed by atoms with Crippen molar-refractivity contribution in [2.75, 3.05) is 27.2 Å². The standard InChI is InChI=1S/C15H21NO2/c1-11-6-4-5-7-12(11)13-8-9-16(2)10-14(13)15(17)18-3/h4-7,13-14H,8-10H2,1-3H3/t13-,14+/m1/s1. The number of esters is 1. The predicted octanol–water partition coefficient (Wildman–Crippen LogP) is 2.20. The Morgan fingerprint density at radius 1 is 1.39 bits per heavy atom. The molecule has 1 aromatic rings. The Bertz CT molecular complexity index is 430. The second kappa shape index (κ2) is 5.53. The van der Waals surface area contributed by atoms with Gasteiger partial charge in [-0.1, -0.05) is 24.3 Å². The average molecular weight is 247 g/mol. The molecule has 0 unspecified atom stereocenters. The Morgan fingerprint density at radius 2 is 2.11 bits per heavy atom. The summed E-state index contributed by atoms with van der Waals surface area (Å²) in [4.78, 5) is 14.2. The van der Waals surface area contributed by atoms with Crippen LogP contribution in [0.1, 0.15) is 23.5 Å². The van der Waals surface area contributed by atoms with Crippen LogP contribution < -0.4 is 0 Å². The van der Waals surface area contributed by atoms with Crippen LogP contribution in [0.15, 0.2) is 24.3 Å². The van der Waals surface area contributed by atoms with E-state index in [9.17, 15) is 4.79 Å². The highest BCUT2D eigenvalue weighted by molar-refractivity contribution is 5.74. The van der Waals surface area contributed by atoms with Gasteiger partial charge in [0.25, 0.3) is 0 Å². The smallest absolute Gasteiger partial charge is 0.310 e. The number of hydrogen-bond acceptors (Lipinski definition) is 3. The van der Waals surface area contributed by atoms with Gasteiger partial charge in [0.1, 0.15) is 0 Å². The maximum absolute atomic E-state index is 12.0. The molecule has 1 aliphatic heterocycles. The first-order valence-corrected chi connectivity index (χ1v) is 6.45. The Morgan fingerprint density at radius 3 is 2.78 bits per heavy atom. The van der Waals surface area contributed by atoms with Crippen LogP contribution in [0.5, 0.6) is 0 Å². The number of piperidine rings is 1. The minimum Gasteiger partial charge on any atom is -0.469 e. The lowest BCUT2D eigenvalue weighted by Crippen LogP contribution is -2.41. The second-order valence-corrected chi connectivity index (χ2v) is 5.14. The van der Waals surface area contributed by atoms with Crippen LogP contribution in [0.25, 0.3) is 0 Å². The van der Waals surface area contributed by atoms with Gasteiger partial charge in [-0.15, -0.1) is 0 Å². The number of ether oxygens (including phenoxy) is 1. The first-order chi connectivity index (χ1) is 8.63. The van der Waals surface area contributed by atoms with E-state index in [4.69, 9.17) is 4.74 Å². The minimum atomic E-state index is -0.0881. The number of likely N-dealkylation sites (tertiary alicyclic amines) is 1. The molecule has 0 amide bonds. The summed E-state index contributed by atoms with van der Waals surface area (Å²) in [7, 11) is 3.54. The zero-order chi connectivity index (χ0) is 13.1. The molecular weight excluding hydrogens is 226 g/mol. The van der Waals surface area contributed by atoms with Gasteiger partial charge in [0.05, 0.1) is 13.0 Å². The van der Waals surface area contributed by atoms with E-state index in [-0.39, 0.29) is 17.8 Å². The summed E-state index contributed by atoms with van der Waals surface area (Å²) in [5.41, 5.74) is 2.56. The number of carbonyl (C=O) groups excluding carboxylic acids is 1. The topological polar surface area (TPSA) is 29.5 Å². The monoisotopic (exact) mass is 247 g/mol. The number of methoxy groups -OCH3 is 1. The van der Waals surface area contributed by atoms with E-state index in [1.165, 1.54) is 18.2 Å². The fraction of sp³-hybridized carbons (Fsp3) is 0.533. The summed E-state index contributed by atoms with van der Waals surface area (Å²) in [5.74, 6) is 0.152. The van der Waals surface area contributed by atoms with Crippen LogP contribution in [0.4, 0.5) is 0 Å². The molecule has 1 aliphatic rings. The van der Waals surface area contributed by atoms with Gasteiger partial charge in [0.2, 0.25) is 0 Å². The van der Waals surface area contributed by atoms with Crippen LogP contribution in [0.3, 0.4) is 0 Å². The number of nitrogens with zero attached hydrogens (tertiary/aromatic N) is 1. The highest BCUT2D eigenvalue weighted by Gasteiger charge is 2.35. The van der Waals surface area contributed by atoms with Gasteiger partial charge in [-0.2, -0.15) is 0 Å². The molecule has 1 heterocycles. The Balaban J connectivity index is 2.29. The fourth-order valence-corrected chi connectivity index (χ4v) is 2.88. The van der Waals surface area contributed by atoms with Gasteiger partial charge in [-0.25, -0.2) is 0 Å². The van der Waals surface area contributed by atoms with Crippen molar-refractivity contribution in [3.05, 3.63) is 35.4 Å². The molecule has 18 heavy (non-hydrogen) atoms. The van der Waals surface area contributed by atoms with Crippen molar-refractivity contribution in [1.29, 1.82) is 0 Å². The van der Waals surface area contributed by atoms with Crippen molar-refractivity contribution in [2.24, 2.45) is 5.92 Å². The Kier molecular flexibility index (Phi) is 4.02. The maximum Gasteiger partial charge on any atom is 0.310 e. The lowest BCUT2D eigenvalue weighted by molar-refractivity contribution is -0.148. The Labute approximate surface area is 109 Å². The van der Waals surface area contributed by atoms with E-state index in [0.717, 1.165) is 19.5 Å². The van der Waals surface area contributed by atoms with Gasteiger partial charge in [0.15, 0.2) is 0 Å². The highest BCUT2D eigenvalue weighted by Crippen LogP contribution is 2.34. The molecule has 0 saturated carbocycles. The van der Waals surface area contributed by atoms with Gasteiger partial charge in [-0.3, -0.25) is 4.79 Å². The van der Waals surface area contributed by atoms with E-state index < -0.39 is 0 Å². The molecule has 1 fully saturated rings. The lowest BCUT2D eigenvalue weighted by atomic mass is 9.79. The van der Waals surface area contributed by atoms with E-state index in [0.29, 0.717) is 0 Å². The lowest BCUT2D eigenvalue weighted by Gasteiger charge is -2.36. The molecule has 2 atom stereocenters. The highest BCUT2D eigenvalue weighted by atomic mass is 16.5. The Hall–Kier alpha value is -1.35. The number of benzene rings is 1. The largest absolute Gasteiger partial charge is 0.469 e. The van der Waals surface area contributed by atoms with Crippen molar-refractivity contribution in [2.45, 2.75) is 19.3 Å². The third kappa shape index (κ3) is 2.56. The molecule has 3 nitrogen and oxygen atoms in total. The number of rotatable bonds is 2. The fourth-order valence-electron chi connectivity index (χ4n) is 2.88. The van der Waals surface area contributed by atoms with E-state index >= 15 is 0 Å². The molecule has 1 aromatic carbocycles. The molecule has 98 valence electrons. The molecule has 0 radical (unpaired) electrons. The molecule has 3 heteroatoms. The summed E-state index contributed by atoms with van der Waals surface area (Å²) in [6, 6.07) is 8.35. The number of aryl methyl sites for hydroxylation is 1. The van der Waals surface area contributed by atoms with Crippen LogP contribution >= 0.6 is 0 Å². The van der Waals surface area contributed by atoms with E-state index in [1.807, 2.05) is 6.07 Å². The minimum absolute atomic E-state index is 0.0464. The van der Waals surface area contributed by atoms with Gasteiger partial charge >= 0.3 is 5.97 Å². The molecule has 0 spiro atoms. The summed E-state index contributed by atoms with van der Waals surface area (Å²) in [6.45, 7) is 3.93. The zero-order valence-electron chi connectivity index (χ0n) is 11.3. The summed E-state index contributed by atoms with van der Waals surface area (Å²) < 4.78 is 4.96. The van der Waals surface area contributed by atoms with Crippen molar-refractivity contribution in [3.8, 4) is 0 Å². The van der Waals surface area contributed by atoms with E-state index in [1.54, 1.807) is 0 Å². The molecule has 0 aliphatic carbocycles. The molecule has 2 rings (SSSR count). The van der Waals surface area contributed by atoms with E-state index in [2.05, 4.69) is 37.1 Å². The number of carbonyl (C=O) groups is 1. The summed E-state index contributed by atoms with van der Waals surface area (Å²) in [6.07, 6.45) is 1.01. The zero-order valence-corrected chi connectivity index (χ0v) is 11.3.